The number of benzene rings is 1. The van der Waals surface area contributed by atoms with Gasteiger partial charge in [-0.05, 0) is 42.0 Å². The predicted octanol–water partition coefficient (Wildman–Crippen LogP) is 2.68. The third-order valence-electron chi connectivity index (χ3n) is 5.22. The van der Waals surface area contributed by atoms with E-state index in [4.69, 9.17) is 15.9 Å². The molecule has 2 heterocycles. The molecule has 34 heavy (non-hydrogen) atoms. The highest BCUT2D eigenvalue weighted by Gasteiger charge is 2.18. The molecule has 2 amide bonds. The number of pyridine rings is 1. The maximum atomic E-state index is 12.6. The van der Waals surface area contributed by atoms with E-state index in [9.17, 15) is 9.59 Å². The van der Waals surface area contributed by atoms with Crippen LogP contribution in [0.15, 0.2) is 48.7 Å². The summed E-state index contributed by atoms with van der Waals surface area (Å²) in [7, 11) is 5.02. The van der Waals surface area contributed by atoms with Gasteiger partial charge in [0.2, 0.25) is 0 Å². The SMILES string of the molecule is CNC(=N)CCNC(=O)c1cc(-c2nc(C=Cc3ccc(OC)cc3)ccc2C(N)=O)cn1C. The molecule has 0 atom stereocenters. The van der Waals surface area contributed by atoms with Gasteiger partial charge in [0, 0.05) is 38.8 Å². The molecule has 0 aliphatic carbocycles. The molecule has 3 rings (SSSR count). The van der Waals surface area contributed by atoms with Gasteiger partial charge in [-0.3, -0.25) is 15.0 Å². The summed E-state index contributed by atoms with van der Waals surface area (Å²) in [6.07, 6.45) is 5.87. The van der Waals surface area contributed by atoms with Gasteiger partial charge in [-0.15, -0.1) is 0 Å². The first kappa shape index (κ1) is 24.2. The normalized spacial score (nSPS) is 10.8. The highest BCUT2D eigenvalue weighted by Crippen LogP contribution is 2.25. The maximum absolute atomic E-state index is 12.6. The molecule has 0 aliphatic rings. The Labute approximate surface area is 198 Å². The molecule has 9 nitrogen and oxygen atoms in total. The Hall–Kier alpha value is -4.40. The van der Waals surface area contributed by atoms with Crippen molar-refractivity contribution < 1.29 is 14.3 Å². The number of hydrogen-bond donors (Lipinski definition) is 4. The van der Waals surface area contributed by atoms with E-state index in [1.54, 1.807) is 50.2 Å². The minimum absolute atomic E-state index is 0.265. The predicted molar refractivity (Wildman–Crippen MR) is 133 cm³/mol. The van der Waals surface area contributed by atoms with Crippen LogP contribution in [0.3, 0.4) is 0 Å². The molecule has 0 unspecified atom stereocenters. The molecule has 0 saturated heterocycles. The van der Waals surface area contributed by atoms with Crippen LogP contribution in [0.5, 0.6) is 5.75 Å². The van der Waals surface area contributed by atoms with Crippen LogP contribution < -0.4 is 21.1 Å². The van der Waals surface area contributed by atoms with E-state index in [0.29, 0.717) is 41.4 Å². The Balaban J connectivity index is 1.86. The number of rotatable bonds is 9. The minimum atomic E-state index is -0.603. The Bertz CT molecular complexity index is 1230. The lowest BCUT2D eigenvalue weighted by Gasteiger charge is -2.06. The number of primary amides is 1. The van der Waals surface area contributed by atoms with Gasteiger partial charge in [-0.1, -0.05) is 18.2 Å². The number of nitrogens with two attached hydrogens (primary N) is 1. The summed E-state index contributed by atoms with van der Waals surface area (Å²) >= 11 is 0. The number of nitrogens with zero attached hydrogens (tertiary/aromatic N) is 2. The summed E-state index contributed by atoms with van der Waals surface area (Å²) < 4.78 is 6.84. The van der Waals surface area contributed by atoms with Crippen molar-refractivity contribution in [2.45, 2.75) is 6.42 Å². The first-order valence-corrected chi connectivity index (χ1v) is 10.7. The summed E-state index contributed by atoms with van der Waals surface area (Å²) in [4.78, 5) is 29.3. The number of ether oxygens (including phenoxy) is 1. The third-order valence-corrected chi connectivity index (χ3v) is 5.22. The Morgan fingerprint density at radius 1 is 1.18 bits per heavy atom. The average molecular weight is 461 g/mol. The zero-order chi connectivity index (χ0) is 24.7. The number of aromatic nitrogens is 2. The van der Waals surface area contributed by atoms with Crippen molar-refractivity contribution in [1.29, 1.82) is 5.41 Å². The van der Waals surface area contributed by atoms with Crippen molar-refractivity contribution in [3.63, 3.8) is 0 Å². The topological polar surface area (TPSA) is 135 Å². The molecule has 0 bridgehead atoms. The quantitative estimate of drug-likeness (QED) is 0.288. The first-order valence-electron chi connectivity index (χ1n) is 10.7. The van der Waals surface area contributed by atoms with Gasteiger partial charge in [-0.25, -0.2) is 4.98 Å². The zero-order valence-electron chi connectivity index (χ0n) is 19.4. The van der Waals surface area contributed by atoms with Crippen LogP contribution >= 0.6 is 0 Å². The fourth-order valence-corrected chi connectivity index (χ4v) is 3.32. The van der Waals surface area contributed by atoms with Crippen LogP contribution in [0.2, 0.25) is 0 Å². The van der Waals surface area contributed by atoms with Gasteiger partial charge in [0.25, 0.3) is 11.8 Å². The summed E-state index contributed by atoms with van der Waals surface area (Å²) in [5.74, 6) is 0.220. The number of amides is 2. The second-order valence-electron chi connectivity index (χ2n) is 7.56. The molecular formula is C25H28N6O3. The molecule has 3 aromatic rings. The first-order chi connectivity index (χ1) is 16.3. The lowest BCUT2D eigenvalue weighted by molar-refractivity contribution is 0.0945. The van der Waals surface area contributed by atoms with Gasteiger partial charge in [0.15, 0.2) is 0 Å². The molecule has 1 aromatic carbocycles. The number of methoxy groups -OCH3 is 1. The summed E-state index contributed by atoms with van der Waals surface area (Å²) in [5.41, 5.74) is 8.86. The van der Waals surface area contributed by atoms with Crippen molar-refractivity contribution in [3.05, 3.63) is 71.2 Å². The van der Waals surface area contributed by atoms with Crippen LogP contribution in [-0.2, 0) is 7.05 Å². The standard InChI is InChI=1S/C25H28N6O3/c1-28-22(26)12-13-29-25(33)21-14-17(15-31(21)2)23-20(24(27)32)11-8-18(30-23)7-4-16-5-9-19(34-3)10-6-16/h4-11,14-15H,12-13H2,1-3H3,(H2,26,28)(H2,27,32)(H,29,33). The molecule has 0 saturated carbocycles. The molecule has 176 valence electrons. The Kier molecular flexibility index (Phi) is 7.81. The van der Waals surface area contributed by atoms with Crippen LogP contribution in [0.25, 0.3) is 23.4 Å². The highest BCUT2D eigenvalue weighted by atomic mass is 16.5. The summed E-state index contributed by atoms with van der Waals surface area (Å²) in [6.45, 7) is 0.329. The monoisotopic (exact) mass is 460 g/mol. The van der Waals surface area contributed by atoms with E-state index in [2.05, 4.69) is 15.6 Å². The molecule has 2 aromatic heterocycles. The van der Waals surface area contributed by atoms with Gasteiger partial charge in [0.05, 0.1) is 29.9 Å². The lowest BCUT2D eigenvalue weighted by atomic mass is 10.1. The van der Waals surface area contributed by atoms with Gasteiger partial charge in [0.1, 0.15) is 11.4 Å². The highest BCUT2D eigenvalue weighted by molar-refractivity contribution is 6.00. The Morgan fingerprint density at radius 3 is 2.56 bits per heavy atom. The maximum Gasteiger partial charge on any atom is 0.267 e. The van der Waals surface area contributed by atoms with Gasteiger partial charge >= 0.3 is 0 Å². The number of amidine groups is 1. The number of hydrogen-bond acceptors (Lipinski definition) is 5. The van der Waals surface area contributed by atoms with Gasteiger partial charge < -0.3 is 25.7 Å². The molecule has 9 heteroatoms. The van der Waals surface area contributed by atoms with Crippen LogP contribution in [0, 0.1) is 5.41 Å². The summed E-state index contributed by atoms with van der Waals surface area (Å²) in [6, 6.07) is 12.6. The van der Waals surface area contributed by atoms with E-state index >= 15 is 0 Å². The molecule has 0 radical (unpaired) electrons. The van der Waals surface area contributed by atoms with Crippen molar-refractivity contribution >= 4 is 29.8 Å². The fourth-order valence-electron chi connectivity index (χ4n) is 3.32. The minimum Gasteiger partial charge on any atom is -0.497 e. The second-order valence-corrected chi connectivity index (χ2v) is 7.56. The smallest absolute Gasteiger partial charge is 0.267 e. The van der Waals surface area contributed by atoms with E-state index < -0.39 is 5.91 Å². The molecule has 5 N–H and O–H groups in total. The van der Waals surface area contributed by atoms with E-state index in [-0.39, 0.29) is 11.5 Å². The van der Waals surface area contributed by atoms with Crippen LogP contribution in [0.4, 0.5) is 0 Å². The van der Waals surface area contributed by atoms with Crippen molar-refractivity contribution in [1.82, 2.24) is 20.2 Å². The number of nitrogens with one attached hydrogen (secondary N) is 3. The van der Waals surface area contributed by atoms with E-state index in [1.165, 1.54) is 0 Å². The second kappa shape index (κ2) is 11.0. The largest absolute Gasteiger partial charge is 0.497 e. The molecule has 0 aliphatic heterocycles. The lowest BCUT2D eigenvalue weighted by Crippen LogP contribution is -2.29. The van der Waals surface area contributed by atoms with Crippen LogP contribution in [-0.4, -0.2) is 47.9 Å². The van der Waals surface area contributed by atoms with Gasteiger partial charge in [-0.2, -0.15) is 0 Å². The van der Waals surface area contributed by atoms with E-state index in [1.807, 2.05) is 36.4 Å². The average Bonchev–Trinajstić information content (AvgIpc) is 3.24. The number of carbonyl (C=O) groups is 2. The fraction of sp³-hybridized carbons (Fsp3) is 0.200. The third kappa shape index (κ3) is 5.89. The number of carbonyl (C=O) groups excluding carboxylic acids is 2. The van der Waals surface area contributed by atoms with Crippen molar-refractivity contribution in [2.75, 3.05) is 20.7 Å². The van der Waals surface area contributed by atoms with Crippen LogP contribution in [0.1, 0.15) is 38.5 Å². The van der Waals surface area contributed by atoms with Crippen molar-refractivity contribution in [3.8, 4) is 17.0 Å². The van der Waals surface area contributed by atoms with Crippen molar-refractivity contribution in [2.24, 2.45) is 12.8 Å². The Morgan fingerprint density at radius 2 is 1.91 bits per heavy atom. The summed E-state index contributed by atoms with van der Waals surface area (Å²) in [5, 5.41) is 13.1. The number of aryl methyl sites for hydroxylation is 1. The van der Waals surface area contributed by atoms with E-state index in [0.717, 1.165) is 11.3 Å². The molecule has 0 fully saturated rings. The zero-order valence-corrected chi connectivity index (χ0v) is 19.4. The molecular weight excluding hydrogens is 432 g/mol. The molecule has 0 spiro atoms.